The van der Waals surface area contributed by atoms with E-state index >= 15 is 0 Å². The van der Waals surface area contributed by atoms with Gasteiger partial charge < -0.3 is 0 Å². The second-order valence-electron chi connectivity index (χ2n) is 5.47. The molecule has 2 atom stereocenters. The number of aldehydes is 1. The number of hydrogen-bond acceptors (Lipinski definition) is 4. The van der Waals surface area contributed by atoms with Gasteiger partial charge in [0.15, 0.2) is 6.29 Å². The monoisotopic (exact) mass is 310 g/mol. The Morgan fingerprint density at radius 3 is 2.62 bits per heavy atom. The Balaban J connectivity index is 2.44. The van der Waals surface area contributed by atoms with Crippen LogP contribution >= 0.6 is 11.3 Å². The molecule has 2 aromatic rings. The molecule has 7 heteroatoms. The molecule has 0 saturated heterocycles. The highest BCUT2D eigenvalue weighted by molar-refractivity contribution is 7.20. The van der Waals surface area contributed by atoms with Crippen molar-refractivity contribution in [2.45, 2.75) is 32.9 Å². The number of fused-ring (bicyclic) bond motifs is 1. The molecule has 1 saturated carbocycles. The van der Waals surface area contributed by atoms with Crippen molar-refractivity contribution in [2.24, 2.45) is 5.92 Å². The summed E-state index contributed by atoms with van der Waals surface area (Å²) in [6.45, 7) is 2.86. The zero-order valence-corrected chi connectivity index (χ0v) is 12.6. The van der Waals surface area contributed by atoms with Crippen molar-refractivity contribution in [3.05, 3.63) is 31.3 Å². The molecule has 2 aromatic heterocycles. The molecule has 1 fully saturated rings. The molecule has 21 heavy (non-hydrogen) atoms. The van der Waals surface area contributed by atoms with Gasteiger partial charge in [-0.05, 0) is 24.8 Å². The van der Waals surface area contributed by atoms with E-state index in [1.54, 1.807) is 6.92 Å². The van der Waals surface area contributed by atoms with Crippen LogP contribution in [0.25, 0.3) is 10.2 Å². The van der Waals surface area contributed by atoms with Crippen LogP contribution in [0.15, 0.2) is 9.59 Å². The Labute approximate surface area is 123 Å². The van der Waals surface area contributed by atoms with E-state index in [1.165, 1.54) is 9.13 Å². The highest BCUT2D eigenvalue weighted by Gasteiger charge is 2.38. The molecule has 3 rings (SSSR count). The second-order valence-corrected chi connectivity index (χ2v) is 6.50. The Morgan fingerprint density at radius 1 is 1.43 bits per heavy atom. The molecular weight excluding hydrogens is 295 g/mol. The van der Waals surface area contributed by atoms with Gasteiger partial charge in [-0.1, -0.05) is 6.92 Å². The third-order valence-corrected chi connectivity index (χ3v) is 5.33. The number of thiophene rings is 1. The molecule has 0 aromatic carbocycles. The number of aryl methyl sites for hydroxylation is 2. The average molecular weight is 310 g/mol. The third-order valence-electron chi connectivity index (χ3n) is 4.09. The fourth-order valence-electron chi connectivity index (χ4n) is 2.73. The van der Waals surface area contributed by atoms with Gasteiger partial charge in [-0.3, -0.25) is 18.7 Å². The molecule has 0 amide bonds. The van der Waals surface area contributed by atoms with Crippen LogP contribution in [0.5, 0.6) is 0 Å². The van der Waals surface area contributed by atoms with E-state index in [1.807, 2.05) is 6.92 Å². The second kappa shape index (κ2) is 4.91. The maximum atomic E-state index is 12.8. The lowest BCUT2D eigenvalue weighted by Crippen LogP contribution is -2.40. The van der Waals surface area contributed by atoms with Crippen molar-refractivity contribution in [1.29, 1.82) is 0 Å². The SMILES string of the molecule is Cc1c(C=O)sc2c1c(=O)n(C1CC1C)c(=O)n2CCF. The summed E-state index contributed by atoms with van der Waals surface area (Å²) in [6, 6.07) is -0.112. The largest absolute Gasteiger partial charge is 0.332 e. The van der Waals surface area contributed by atoms with E-state index in [0.29, 0.717) is 26.9 Å². The van der Waals surface area contributed by atoms with Gasteiger partial charge in [-0.15, -0.1) is 11.3 Å². The molecule has 0 aliphatic heterocycles. The Hall–Kier alpha value is -1.76. The van der Waals surface area contributed by atoms with E-state index in [-0.39, 0.29) is 24.1 Å². The first-order valence-corrected chi connectivity index (χ1v) is 7.62. The number of hydrogen-bond donors (Lipinski definition) is 0. The number of halogens is 1. The van der Waals surface area contributed by atoms with Gasteiger partial charge in [0.2, 0.25) is 0 Å². The van der Waals surface area contributed by atoms with Crippen molar-refractivity contribution in [3.8, 4) is 0 Å². The molecule has 0 radical (unpaired) electrons. The minimum absolute atomic E-state index is 0.102. The fourth-order valence-corrected chi connectivity index (χ4v) is 3.86. The van der Waals surface area contributed by atoms with Crippen LogP contribution in [0.1, 0.15) is 34.6 Å². The van der Waals surface area contributed by atoms with E-state index in [0.717, 1.165) is 17.8 Å². The molecular formula is C14H15FN2O3S. The average Bonchev–Trinajstić information content (AvgIpc) is 3.05. The van der Waals surface area contributed by atoms with Crippen LogP contribution in [0, 0.1) is 12.8 Å². The van der Waals surface area contributed by atoms with Crippen LogP contribution in [-0.2, 0) is 6.54 Å². The van der Waals surface area contributed by atoms with Crippen LogP contribution in [0.2, 0.25) is 0 Å². The number of carbonyl (C=O) groups excluding carboxylic acids is 1. The predicted molar refractivity (Wildman–Crippen MR) is 79.3 cm³/mol. The Bertz CT molecular complexity index is 848. The van der Waals surface area contributed by atoms with Gasteiger partial charge in [-0.25, -0.2) is 9.18 Å². The number of aromatic nitrogens is 2. The van der Waals surface area contributed by atoms with Gasteiger partial charge in [-0.2, -0.15) is 0 Å². The summed E-state index contributed by atoms with van der Waals surface area (Å²) in [6.07, 6.45) is 1.45. The number of nitrogens with zero attached hydrogens (tertiary/aromatic N) is 2. The van der Waals surface area contributed by atoms with Crippen molar-refractivity contribution in [2.75, 3.05) is 6.67 Å². The summed E-state index contributed by atoms with van der Waals surface area (Å²) >= 11 is 1.08. The molecule has 5 nitrogen and oxygen atoms in total. The van der Waals surface area contributed by atoms with Crippen LogP contribution in [-0.4, -0.2) is 22.1 Å². The zero-order chi connectivity index (χ0) is 15.3. The molecule has 112 valence electrons. The maximum Gasteiger partial charge on any atom is 0.332 e. The lowest BCUT2D eigenvalue weighted by atomic mass is 10.2. The normalized spacial score (nSPS) is 20.9. The van der Waals surface area contributed by atoms with Gasteiger partial charge in [0.1, 0.15) is 11.5 Å². The summed E-state index contributed by atoms with van der Waals surface area (Å²) in [5.41, 5.74) is -0.260. The minimum atomic E-state index is -0.694. The van der Waals surface area contributed by atoms with Crippen LogP contribution in [0.4, 0.5) is 4.39 Å². The molecule has 1 aliphatic rings. The summed E-state index contributed by atoms with van der Waals surface area (Å²) in [7, 11) is 0. The smallest absolute Gasteiger partial charge is 0.297 e. The summed E-state index contributed by atoms with van der Waals surface area (Å²) in [5.74, 6) is 0.274. The first-order valence-electron chi connectivity index (χ1n) is 6.80. The van der Waals surface area contributed by atoms with Gasteiger partial charge >= 0.3 is 5.69 Å². The fraction of sp³-hybridized carbons (Fsp3) is 0.500. The Kier molecular flexibility index (Phi) is 3.32. The highest BCUT2D eigenvalue weighted by atomic mass is 32.1. The first-order chi connectivity index (χ1) is 10.0. The van der Waals surface area contributed by atoms with Gasteiger partial charge in [0.05, 0.1) is 16.8 Å². The van der Waals surface area contributed by atoms with Crippen molar-refractivity contribution in [1.82, 2.24) is 9.13 Å². The van der Waals surface area contributed by atoms with Gasteiger partial charge in [0.25, 0.3) is 5.56 Å². The van der Waals surface area contributed by atoms with Crippen LogP contribution < -0.4 is 11.2 Å². The number of rotatable bonds is 4. The van der Waals surface area contributed by atoms with Crippen molar-refractivity contribution < 1.29 is 9.18 Å². The predicted octanol–water partition coefficient (Wildman–Crippen LogP) is 1.90. The number of carbonyl (C=O) groups is 1. The van der Waals surface area contributed by atoms with Gasteiger partial charge in [0, 0.05) is 6.04 Å². The summed E-state index contributed by atoms with van der Waals surface area (Å²) in [4.78, 5) is 37.0. The van der Waals surface area contributed by atoms with Crippen LogP contribution in [0.3, 0.4) is 0 Å². The molecule has 0 N–H and O–H groups in total. The molecule has 1 aliphatic carbocycles. The topological polar surface area (TPSA) is 61.1 Å². The standard InChI is InChI=1S/C14H15FN2O3S/c1-7-5-9(7)17-12(19)11-8(2)10(6-18)21-13(11)16(4-3-15)14(17)20/h6-7,9H,3-5H2,1-2H3. The van der Waals surface area contributed by atoms with E-state index in [9.17, 15) is 18.8 Å². The molecule has 0 bridgehead atoms. The maximum absolute atomic E-state index is 12.8. The number of alkyl halides is 1. The Morgan fingerprint density at radius 2 is 2.10 bits per heavy atom. The lowest BCUT2D eigenvalue weighted by Gasteiger charge is -2.10. The lowest BCUT2D eigenvalue weighted by molar-refractivity contribution is 0.112. The summed E-state index contributed by atoms with van der Waals surface area (Å²) < 4.78 is 15.3. The summed E-state index contributed by atoms with van der Waals surface area (Å²) in [5, 5.41) is 0.370. The zero-order valence-electron chi connectivity index (χ0n) is 11.8. The van der Waals surface area contributed by atoms with E-state index in [4.69, 9.17) is 0 Å². The van der Waals surface area contributed by atoms with E-state index in [2.05, 4.69) is 0 Å². The quantitative estimate of drug-likeness (QED) is 0.810. The first kappa shape index (κ1) is 14.2. The third kappa shape index (κ3) is 1.98. The molecule has 0 spiro atoms. The highest BCUT2D eigenvalue weighted by Crippen LogP contribution is 2.41. The molecule has 2 heterocycles. The molecule has 2 unspecified atom stereocenters. The van der Waals surface area contributed by atoms with E-state index < -0.39 is 12.4 Å². The van der Waals surface area contributed by atoms with Crippen molar-refractivity contribution in [3.63, 3.8) is 0 Å². The van der Waals surface area contributed by atoms with Crippen molar-refractivity contribution >= 4 is 27.8 Å². The minimum Gasteiger partial charge on any atom is -0.297 e.